The van der Waals surface area contributed by atoms with Gasteiger partial charge in [-0.05, 0) is 68.7 Å². The van der Waals surface area contributed by atoms with Crippen molar-refractivity contribution in [2.24, 2.45) is 9.98 Å². The molecular formula is C51H53N5. The Hall–Kier alpha value is -6.07. The molecule has 0 radical (unpaired) electrons. The molecule has 0 amide bonds. The largest absolute Gasteiger partial charge is 0.259 e. The predicted octanol–water partition coefficient (Wildman–Crippen LogP) is 13.0. The first kappa shape index (κ1) is 39.6. The summed E-state index contributed by atoms with van der Waals surface area (Å²) in [6, 6.07) is 39.3. The van der Waals surface area contributed by atoms with Crippen molar-refractivity contribution < 1.29 is 0 Å². The van der Waals surface area contributed by atoms with Crippen molar-refractivity contribution in [1.29, 1.82) is 0 Å². The van der Waals surface area contributed by atoms with E-state index in [1.807, 2.05) is 78.9 Å². The summed E-state index contributed by atoms with van der Waals surface area (Å²) in [6.45, 7) is 13.0. The molecule has 0 aliphatic heterocycles. The minimum Gasteiger partial charge on any atom is -0.259 e. The Bertz CT molecular complexity index is 2230. The zero-order valence-corrected chi connectivity index (χ0v) is 33.7. The third-order valence-corrected chi connectivity index (χ3v) is 10.7. The molecule has 1 aromatic heterocycles. The molecule has 282 valence electrons. The summed E-state index contributed by atoms with van der Waals surface area (Å²) in [7, 11) is 0. The van der Waals surface area contributed by atoms with Crippen molar-refractivity contribution in [2.45, 2.75) is 78.7 Å². The van der Waals surface area contributed by atoms with E-state index in [2.05, 4.69) is 120 Å². The second-order valence-electron chi connectivity index (χ2n) is 14.1. The van der Waals surface area contributed by atoms with Gasteiger partial charge in [-0.25, -0.2) is 19.9 Å². The molecule has 1 aliphatic rings. The average Bonchev–Trinajstić information content (AvgIpc) is 3.52. The molecule has 1 heterocycles. The number of hydrogen-bond donors (Lipinski definition) is 0. The lowest BCUT2D eigenvalue weighted by molar-refractivity contribution is 0.477. The van der Waals surface area contributed by atoms with E-state index in [1.54, 1.807) is 0 Å². The Labute approximate surface area is 333 Å². The molecule has 1 atom stereocenters. The van der Waals surface area contributed by atoms with E-state index < -0.39 is 0 Å². The van der Waals surface area contributed by atoms with Gasteiger partial charge < -0.3 is 0 Å². The van der Waals surface area contributed by atoms with Crippen molar-refractivity contribution in [1.82, 2.24) is 15.0 Å². The predicted molar refractivity (Wildman–Crippen MR) is 237 cm³/mol. The molecule has 0 N–H and O–H groups in total. The van der Waals surface area contributed by atoms with Crippen LogP contribution in [0.2, 0.25) is 0 Å². The molecule has 5 nitrogen and oxygen atoms in total. The molecular weight excluding hydrogens is 683 g/mol. The molecule has 1 aliphatic carbocycles. The topological polar surface area (TPSA) is 63.4 Å². The molecule has 0 fully saturated rings. The number of allylic oxidation sites excluding steroid dienone is 7. The quantitative estimate of drug-likeness (QED) is 0.0687. The Morgan fingerprint density at radius 3 is 1.77 bits per heavy atom. The maximum Gasteiger partial charge on any atom is 0.164 e. The summed E-state index contributed by atoms with van der Waals surface area (Å²) in [5, 5.41) is 0. The van der Waals surface area contributed by atoms with E-state index in [-0.39, 0.29) is 11.5 Å². The van der Waals surface area contributed by atoms with Gasteiger partial charge in [0.15, 0.2) is 23.3 Å². The SMILES string of the molecule is C/C=C(\C=C/CC)C(=N/C(C)C1=CC=C(C(CC)(CC)c2ccc(-c3nc(-c4ccccc4)nc(-c4ccccc4)n3)cc2)C=CC1)/N=C(\C)c1ccccc1. The number of amidine groups is 1. The second-order valence-corrected chi connectivity index (χ2v) is 14.1. The van der Waals surface area contributed by atoms with Gasteiger partial charge in [-0.15, -0.1) is 0 Å². The van der Waals surface area contributed by atoms with Crippen LogP contribution in [-0.4, -0.2) is 32.5 Å². The number of aromatic nitrogens is 3. The monoisotopic (exact) mass is 735 g/mol. The van der Waals surface area contributed by atoms with Gasteiger partial charge in [-0.2, -0.15) is 0 Å². The molecule has 0 saturated heterocycles. The van der Waals surface area contributed by atoms with Crippen LogP contribution in [0.1, 0.15) is 78.4 Å². The summed E-state index contributed by atoms with van der Waals surface area (Å²) in [5.74, 6) is 2.74. The van der Waals surface area contributed by atoms with Crippen molar-refractivity contribution in [3.63, 3.8) is 0 Å². The normalized spacial score (nSPS) is 14.7. The number of benzene rings is 4. The van der Waals surface area contributed by atoms with Crippen molar-refractivity contribution in [3.8, 4) is 34.2 Å². The van der Waals surface area contributed by atoms with Gasteiger partial charge in [0, 0.05) is 33.4 Å². The number of aliphatic imine (C=N–C) groups is 2. The van der Waals surface area contributed by atoms with Crippen LogP contribution in [0, 0.1) is 0 Å². The van der Waals surface area contributed by atoms with Gasteiger partial charge in [-0.1, -0.05) is 179 Å². The highest BCUT2D eigenvalue weighted by atomic mass is 15.0. The summed E-state index contributed by atoms with van der Waals surface area (Å²) in [4.78, 5) is 25.2. The highest BCUT2D eigenvalue weighted by molar-refractivity contribution is 6.12. The lowest BCUT2D eigenvalue weighted by Gasteiger charge is -2.34. The number of hydrogen-bond acceptors (Lipinski definition) is 4. The van der Waals surface area contributed by atoms with Crippen LogP contribution in [-0.2, 0) is 5.41 Å². The summed E-state index contributed by atoms with van der Waals surface area (Å²) < 4.78 is 0. The zero-order chi connectivity index (χ0) is 39.3. The van der Waals surface area contributed by atoms with E-state index in [0.717, 1.165) is 65.1 Å². The number of rotatable bonds is 13. The fraction of sp³-hybridized carbons (Fsp3) is 0.235. The average molecular weight is 736 g/mol. The number of nitrogens with zero attached hydrogens (tertiary/aromatic N) is 5. The van der Waals surface area contributed by atoms with E-state index in [9.17, 15) is 0 Å². The van der Waals surface area contributed by atoms with Crippen LogP contribution in [0.3, 0.4) is 0 Å². The molecule has 5 heteroatoms. The van der Waals surface area contributed by atoms with Crippen molar-refractivity contribution >= 4 is 11.5 Å². The third-order valence-electron chi connectivity index (χ3n) is 10.7. The first-order valence-corrected chi connectivity index (χ1v) is 20.0. The summed E-state index contributed by atoms with van der Waals surface area (Å²) in [5.41, 5.74) is 9.62. The Balaban J connectivity index is 1.33. The first-order valence-electron chi connectivity index (χ1n) is 20.0. The highest BCUT2D eigenvalue weighted by Crippen LogP contribution is 2.41. The maximum absolute atomic E-state index is 5.27. The fourth-order valence-corrected chi connectivity index (χ4v) is 7.26. The molecule has 1 unspecified atom stereocenters. The van der Waals surface area contributed by atoms with Crippen LogP contribution in [0.15, 0.2) is 184 Å². The highest BCUT2D eigenvalue weighted by Gasteiger charge is 2.32. The van der Waals surface area contributed by atoms with Crippen LogP contribution in [0.5, 0.6) is 0 Å². The molecule has 6 rings (SSSR count). The van der Waals surface area contributed by atoms with Gasteiger partial charge >= 0.3 is 0 Å². The van der Waals surface area contributed by atoms with E-state index >= 15 is 0 Å². The van der Waals surface area contributed by atoms with Gasteiger partial charge in [-0.3, -0.25) is 4.99 Å². The van der Waals surface area contributed by atoms with Gasteiger partial charge in [0.1, 0.15) is 0 Å². The lowest BCUT2D eigenvalue weighted by Crippen LogP contribution is -2.26. The minimum absolute atomic E-state index is 0.0543. The second kappa shape index (κ2) is 19.0. The van der Waals surface area contributed by atoms with Crippen molar-refractivity contribution in [3.05, 3.63) is 186 Å². The molecule has 0 spiro atoms. The van der Waals surface area contributed by atoms with Gasteiger partial charge in [0.2, 0.25) is 0 Å². The standard InChI is InChI=1S/C51H53N5/c1-7-11-22-39(8-2)47(52-37(5)40-23-15-12-16-24-40)53-38(6)41-29-21-30-45(34-31-41)51(9-3,10-4)46-35-32-44(33-36-46)50-55-48(42-25-17-13-18-26-42)54-49(56-50)43-27-19-14-20-28-43/h8,11-28,30-36,38H,7,9-10,29H2,1-6H3/b22-11-,39-8+,52-37+,53-47-. The molecule has 4 aromatic carbocycles. The Kier molecular flexibility index (Phi) is 13.4. The smallest absolute Gasteiger partial charge is 0.164 e. The van der Waals surface area contributed by atoms with Crippen molar-refractivity contribution in [2.75, 3.05) is 0 Å². The molecule has 0 saturated carbocycles. The van der Waals surface area contributed by atoms with E-state index in [0.29, 0.717) is 17.5 Å². The van der Waals surface area contributed by atoms with Gasteiger partial charge in [0.25, 0.3) is 0 Å². The van der Waals surface area contributed by atoms with E-state index in [1.165, 1.54) is 16.7 Å². The van der Waals surface area contributed by atoms with Gasteiger partial charge in [0.05, 0.1) is 6.04 Å². The van der Waals surface area contributed by atoms with E-state index in [4.69, 9.17) is 24.9 Å². The third kappa shape index (κ3) is 9.23. The summed E-state index contributed by atoms with van der Waals surface area (Å²) in [6.07, 6.45) is 19.4. The Morgan fingerprint density at radius 2 is 1.25 bits per heavy atom. The molecule has 5 aromatic rings. The van der Waals surface area contributed by atoms with Crippen LogP contribution < -0.4 is 0 Å². The molecule has 56 heavy (non-hydrogen) atoms. The first-order chi connectivity index (χ1) is 27.4. The van der Waals surface area contributed by atoms with Crippen LogP contribution in [0.4, 0.5) is 0 Å². The fourth-order valence-electron chi connectivity index (χ4n) is 7.26. The summed E-state index contributed by atoms with van der Waals surface area (Å²) >= 11 is 0. The Morgan fingerprint density at radius 1 is 0.714 bits per heavy atom. The maximum atomic E-state index is 5.27. The zero-order valence-electron chi connectivity index (χ0n) is 33.7. The molecule has 0 bridgehead atoms. The minimum atomic E-state index is -0.164. The van der Waals surface area contributed by atoms with Crippen LogP contribution >= 0.6 is 0 Å². The van der Waals surface area contributed by atoms with Crippen LogP contribution in [0.25, 0.3) is 34.2 Å². The lowest BCUT2D eigenvalue weighted by atomic mass is 9.69.